The average Bonchev–Trinajstić information content (AvgIpc) is 3.05. The van der Waals surface area contributed by atoms with Crippen LogP contribution in [-0.4, -0.2) is 28.4 Å². The lowest BCUT2D eigenvalue weighted by molar-refractivity contribution is 0.0953. The van der Waals surface area contributed by atoms with Gasteiger partial charge in [-0.3, -0.25) is 4.79 Å². The Balaban J connectivity index is 1.99. The predicted octanol–water partition coefficient (Wildman–Crippen LogP) is 1.60. The minimum Gasteiger partial charge on any atom is -0.384 e. The molecular formula is C12H17N3OS. The lowest BCUT2D eigenvalue weighted by atomic mass is 10.2. The number of nitrogens with one attached hydrogen (secondary N) is 1. The molecule has 0 unspecified atom stereocenters. The molecule has 4 nitrogen and oxygen atoms in total. The fourth-order valence-electron chi connectivity index (χ4n) is 1.76. The second-order valence-corrected chi connectivity index (χ2v) is 5.77. The van der Waals surface area contributed by atoms with E-state index in [0.29, 0.717) is 11.4 Å². The van der Waals surface area contributed by atoms with Gasteiger partial charge in [0, 0.05) is 22.5 Å². The van der Waals surface area contributed by atoms with Crippen LogP contribution in [0.15, 0.2) is 12.1 Å². The van der Waals surface area contributed by atoms with Crippen LogP contribution in [-0.2, 0) is 0 Å². The molecule has 1 aromatic heterocycles. The first kappa shape index (κ1) is 12.2. The third-order valence-corrected chi connectivity index (χ3v) is 4.47. The highest BCUT2D eigenvalue weighted by Crippen LogP contribution is 2.46. The van der Waals surface area contributed by atoms with Crippen LogP contribution < -0.4 is 11.1 Å². The second-order valence-electron chi connectivity index (χ2n) is 4.49. The molecule has 0 aromatic carbocycles. The predicted molar refractivity (Wildman–Crippen MR) is 71.2 cm³/mol. The number of nitrogen functional groups attached to an aromatic ring is 1. The van der Waals surface area contributed by atoms with Crippen molar-refractivity contribution in [1.29, 1.82) is 0 Å². The average molecular weight is 251 g/mol. The Morgan fingerprint density at radius 2 is 2.29 bits per heavy atom. The fraction of sp³-hybridized carbons (Fsp3) is 0.500. The SMILES string of the molecule is CSC1(CNC(=O)c2cc(C)nc(N)c2)CC1. The first-order chi connectivity index (χ1) is 8.04. The van der Waals surface area contributed by atoms with E-state index in [2.05, 4.69) is 16.6 Å². The lowest BCUT2D eigenvalue weighted by Gasteiger charge is -2.13. The number of anilines is 1. The Bertz CT molecular complexity index is 423. The van der Waals surface area contributed by atoms with Crippen LogP contribution >= 0.6 is 11.8 Å². The van der Waals surface area contributed by atoms with Crippen molar-refractivity contribution < 1.29 is 4.79 Å². The minimum atomic E-state index is -0.0671. The zero-order valence-electron chi connectivity index (χ0n) is 10.1. The summed E-state index contributed by atoms with van der Waals surface area (Å²) in [5, 5.41) is 2.96. The van der Waals surface area contributed by atoms with Crippen LogP contribution in [0.3, 0.4) is 0 Å². The Kier molecular flexibility index (Phi) is 3.28. The Morgan fingerprint density at radius 3 is 2.82 bits per heavy atom. The molecule has 1 saturated carbocycles. The van der Waals surface area contributed by atoms with Crippen LogP contribution in [0.4, 0.5) is 5.82 Å². The maximum absolute atomic E-state index is 11.9. The zero-order chi connectivity index (χ0) is 12.5. The van der Waals surface area contributed by atoms with Gasteiger partial charge in [0.25, 0.3) is 5.91 Å². The molecule has 2 rings (SSSR count). The van der Waals surface area contributed by atoms with Crippen molar-refractivity contribution >= 4 is 23.5 Å². The van der Waals surface area contributed by atoms with Gasteiger partial charge >= 0.3 is 0 Å². The number of nitrogens with two attached hydrogens (primary N) is 1. The van der Waals surface area contributed by atoms with Crippen LogP contribution in [0.1, 0.15) is 28.9 Å². The van der Waals surface area contributed by atoms with E-state index in [1.165, 1.54) is 12.8 Å². The van der Waals surface area contributed by atoms with Crippen LogP contribution in [0.2, 0.25) is 0 Å². The molecule has 0 saturated heterocycles. The van der Waals surface area contributed by atoms with Crippen molar-refractivity contribution in [2.75, 3.05) is 18.5 Å². The lowest BCUT2D eigenvalue weighted by Crippen LogP contribution is -2.31. The van der Waals surface area contributed by atoms with Gasteiger partial charge in [-0.15, -0.1) is 0 Å². The normalized spacial score (nSPS) is 16.6. The highest BCUT2D eigenvalue weighted by molar-refractivity contribution is 8.00. The number of hydrogen-bond donors (Lipinski definition) is 2. The quantitative estimate of drug-likeness (QED) is 0.853. The molecule has 1 heterocycles. The summed E-state index contributed by atoms with van der Waals surface area (Å²) in [5.41, 5.74) is 6.98. The van der Waals surface area contributed by atoms with E-state index < -0.39 is 0 Å². The molecule has 0 aliphatic heterocycles. The smallest absolute Gasteiger partial charge is 0.251 e. The summed E-state index contributed by atoms with van der Waals surface area (Å²) in [6.07, 6.45) is 4.46. The third-order valence-electron chi connectivity index (χ3n) is 3.05. The van der Waals surface area contributed by atoms with Gasteiger partial charge < -0.3 is 11.1 Å². The largest absolute Gasteiger partial charge is 0.384 e. The van der Waals surface area contributed by atoms with Crippen molar-refractivity contribution in [1.82, 2.24) is 10.3 Å². The number of pyridine rings is 1. The topological polar surface area (TPSA) is 68.0 Å². The van der Waals surface area contributed by atoms with Gasteiger partial charge in [-0.25, -0.2) is 4.98 Å². The number of aromatic nitrogens is 1. The molecule has 3 N–H and O–H groups in total. The second kappa shape index (κ2) is 4.56. The van der Waals surface area contributed by atoms with Crippen molar-refractivity contribution in [2.45, 2.75) is 24.5 Å². The van der Waals surface area contributed by atoms with Crippen LogP contribution in [0.25, 0.3) is 0 Å². The number of rotatable bonds is 4. The number of aryl methyl sites for hydroxylation is 1. The van der Waals surface area contributed by atoms with Crippen LogP contribution in [0, 0.1) is 6.92 Å². The van der Waals surface area contributed by atoms with Gasteiger partial charge in [0.1, 0.15) is 5.82 Å². The van der Waals surface area contributed by atoms with Gasteiger partial charge in [-0.1, -0.05) is 0 Å². The summed E-state index contributed by atoms with van der Waals surface area (Å²) in [7, 11) is 0. The third kappa shape index (κ3) is 2.91. The molecule has 1 aliphatic rings. The monoisotopic (exact) mass is 251 g/mol. The maximum atomic E-state index is 11.9. The van der Waals surface area contributed by atoms with Crippen molar-refractivity contribution in [3.8, 4) is 0 Å². The summed E-state index contributed by atoms with van der Waals surface area (Å²) >= 11 is 1.83. The summed E-state index contributed by atoms with van der Waals surface area (Å²) in [6, 6.07) is 3.37. The molecule has 0 radical (unpaired) electrons. The first-order valence-corrected chi connectivity index (χ1v) is 6.85. The van der Waals surface area contributed by atoms with Crippen molar-refractivity contribution in [3.05, 3.63) is 23.4 Å². The summed E-state index contributed by atoms with van der Waals surface area (Å²) in [6.45, 7) is 2.56. The number of amides is 1. The molecule has 92 valence electrons. The van der Waals surface area contributed by atoms with E-state index in [1.807, 2.05) is 18.7 Å². The number of carbonyl (C=O) groups is 1. The standard InChI is InChI=1S/C12H17N3OS/c1-8-5-9(6-10(13)15-8)11(16)14-7-12(17-2)3-4-12/h5-6H,3-4,7H2,1-2H3,(H2,13,15)(H,14,16). The van der Waals surface area contributed by atoms with Crippen molar-refractivity contribution in [2.24, 2.45) is 0 Å². The highest BCUT2D eigenvalue weighted by atomic mass is 32.2. The zero-order valence-corrected chi connectivity index (χ0v) is 10.9. The maximum Gasteiger partial charge on any atom is 0.251 e. The van der Waals surface area contributed by atoms with E-state index in [-0.39, 0.29) is 10.7 Å². The Labute approximate surface area is 105 Å². The molecule has 1 amide bonds. The summed E-state index contributed by atoms with van der Waals surface area (Å²) < 4.78 is 0.281. The van der Waals surface area contributed by atoms with E-state index in [1.54, 1.807) is 12.1 Å². The molecule has 0 atom stereocenters. The van der Waals surface area contributed by atoms with Gasteiger partial charge in [-0.05, 0) is 38.2 Å². The molecule has 0 spiro atoms. The summed E-state index contributed by atoms with van der Waals surface area (Å²) in [4.78, 5) is 16.0. The Morgan fingerprint density at radius 1 is 1.59 bits per heavy atom. The van der Waals surface area contributed by atoms with Gasteiger partial charge in [0.2, 0.25) is 0 Å². The minimum absolute atomic E-state index is 0.0671. The number of thioether (sulfide) groups is 1. The molecule has 1 aromatic rings. The molecule has 1 fully saturated rings. The van der Waals surface area contributed by atoms with Crippen molar-refractivity contribution in [3.63, 3.8) is 0 Å². The number of nitrogens with zero attached hydrogens (tertiary/aromatic N) is 1. The van der Waals surface area contributed by atoms with E-state index in [4.69, 9.17) is 5.73 Å². The van der Waals surface area contributed by atoms with Crippen LogP contribution in [0.5, 0.6) is 0 Å². The highest BCUT2D eigenvalue weighted by Gasteiger charge is 2.41. The van der Waals surface area contributed by atoms with Gasteiger partial charge in [0.15, 0.2) is 0 Å². The number of carbonyl (C=O) groups excluding carboxylic acids is 1. The van der Waals surface area contributed by atoms with E-state index in [9.17, 15) is 4.79 Å². The van der Waals surface area contributed by atoms with Gasteiger partial charge in [0.05, 0.1) is 0 Å². The molecule has 0 bridgehead atoms. The van der Waals surface area contributed by atoms with E-state index in [0.717, 1.165) is 12.2 Å². The molecular weight excluding hydrogens is 234 g/mol. The summed E-state index contributed by atoms with van der Waals surface area (Å²) in [5.74, 6) is 0.323. The molecule has 1 aliphatic carbocycles. The fourth-order valence-corrected chi connectivity index (χ4v) is 2.49. The Hall–Kier alpha value is -1.23. The number of hydrogen-bond acceptors (Lipinski definition) is 4. The molecule has 17 heavy (non-hydrogen) atoms. The van der Waals surface area contributed by atoms with E-state index >= 15 is 0 Å². The van der Waals surface area contributed by atoms with Gasteiger partial charge in [-0.2, -0.15) is 11.8 Å². The molecule has 5 heteroatoms. The first-order valence-electron chi connectivity index (χ1n) is 5.62.